The summed E-state index contributed by atoms with van der Waals surface area (Å²) in [6.45, 7) is 2.14. The molecular weight excluding hydrogens is 435 g/mol. The third-order valence-electron chi connectivity index (χ3n) is 5.26. The van der Waals surface area contributed by atoms with Gasteiger partial charge in [0.05, 0.1) is 42.5 Å². The molecule has 0 fully saturated rings. The minimum atomic E-state index is -4.32. The maximum absolute atomic E-state index is 13.3. The van der Waals surface area contributed by atoms with Gasteiger partial charge >= 0.3 is 6.18 Å². The Kier molecular flexibility index (Phi) is 5.64. The first-order chi connectivity index (χ1) is 15.7. The Morgan fingerprint density at radius 2 is 1.97 bits per heavy atom. The molecule has 2 aromatic carbocycles. The number of nitriles is 1. The number of nitrogens with one attached hydrogen (secondary N) is 1. The average molecular weight is 453 g/mol. The molecule has 2 amide bonds. The number of carbonyl (C=O) groups is 2. The summed E-state index contributed by atoms with van der Waals surface area (Å²) in [6, 6.07) is 13.4. The number of rotatable bonds is 4. The summed E-state index contributed by atoms with van der Waals surface area (Å²) in [6.07, 6.45) is -3.99. The second kappa shape index (κ2) is 8.43. The fourth-order valence-electron chi connectivity index (χ4n) is 3.79. The number of hydrogen-bond acceptors (Lipinski definition) is 4. The van der Waals surface area contributed by atoms with Crippen LogP contribution in [0.1, 0.15) is 38.9 Å². The van der Waals surface area contributed by atoms with E-state index >= 15 is 0 Å². The lowest BCUT2D eigenvalue weighted by atomic mass is 10.1. The van der Waals surface area contributed by atoms with Gasteiger partial charge in [-0.05, 0) is 42.8 Å². The molecule has 168 valence electrons. The summed E-state index contributed by atoms with van der Waals surface area (Å²) in [5.74, 6) is -0.937. The molecule has 0 saturated heterocycles. The van der Waals surface area contributed by atoms with E-state index in [2.05, 4.69) is 10.4 Å². The van der Waals surface area contributed by atoms with Crippen LogP contribution in [0.25, 0.3) is 0 Å². The highest BCUT2D eigenvalue weighted by molar-refractivity contribution is 6.13. The maximum Gasteiger partial charge on any atom is 0.393 e. The van der Waals surface area contributed by atoms with Crippen molar-refractivity contribution in [1.29, 1.82) is 5.26 Å². The van der Waals surface area contributed by atoms with Crippen molar-refractivity contribution in [1.82, 2.24) is 9.78 Å². The van der Waals surface area contributed by atoms with Crippen LogP contribution >= 0.6 is 0 Å². The van der Waals surface area contributed by atoms with Crippen LogP contribution in [0.3, 0.4) is 0 Å². The third-order valence-corrected chi connectivity index (χ3v) is 5.26. The van der Waals surface area contributed by atoms with Gasteiger partial charge in [0.1, 0.15) is 5.69 Å². The van der Waals surface area contributed by atoms with Gasteiger partial charge in [-0.1, -0.05) is 18.2 Å². The van der Waals surface area contributed by atoms with Crippen LogP contribution in [-0.4, -0.2) is 33.8 Å². The quantitative estimate of drug-likeness (QED) is 0.642. The lowest BCUT2D eigenvalue weighted by molar-refractivity contribution is -0.127. The van der Waals surface area contributed by atoms with Gasteiger partial charge in [-0.2, -0.15) is 23.5 Å². The summed E-state index contributed by atoms with van der Waals surface area (Å²) in [5.41, 5.74) is 1.49. The second-order valence-electron chi connectivity index (χ2n) is 7.72. The van der Waals surface area contributed by atoms with Crippen molar-refractivity contribution in [3.05, 3.63) is 77.1 Å². The van der Waals surface area contributed by atoms with Crippen LogP contribution in [0.15, 0.2) is 54.7 Å². The highest BCUT2D eigenvalue weighted by Gasteiger charge is 2.35. The van der Waals surface area contributed by atoms with Gasteiger partial charge in [0.25, 0.3) is 11.8 Å². The molecule has 3 aromatic rings. The van der Waals surface area contributed by atoms with Crippen molar-refractivity contribution in [2.45, 2.75) is 32.1 Å². The van der Waals surface area contributed by atoms with E-state index in [1.54, 1.807) is 25.1 Å². The molecule has 7 nitrogen and oxygen atoms in total. The predicted octanol–water partition coefficient (Wildman–Crippen LogP) is 4.16. The van der Waals surface area contributed by atoms with Gasteiger partial charge in [-0.15, -0.1) is 0 Å². The maximum atomic E-state index is 13.3. The number of amides is 2. The number of aromatic nitrogens is 2. The summed E-state index contributed by atoms with van der Waals surface area (Å²) in [5, 5.41) is 15.9. The Morgan fingerprint density at radius 3 is 2.64 bits per heavy atom. The fraction of sp³-hybridized carbons (Fsp3) is 0.217. The van der Waals surface area contributed by atoms with E-state index < -0.39 is 24.4 Å². The van der Waals surface area contributed by atoms with E-state index in [-0.39, 0.29) is 28.6 Å². The molecule has 33 heavy (non-hydrogen) atoms. The van der Waals surface area contributed by atoms with Crippen LogP contribution in [-0.2, 0) is 13.0 Å². The van der Waals surface area contributed by atoms with Crippen LogP contribution in [0.5, 0.6) is 0 Å². The minimum Gasteiger partial charge on any atom is -0.319 e. The molecule has 1 aliphatic rings. The molecule has 1 aliphatic heterocycles. The number of fused-ring (bicyclic) bond motifs is 1. The summed E-state index contributed by atoms with van der Waals surface area (Å²) in [7, 11) is 0. The van der Waals surface area contributed by atoms with Crippen LogP contribution in [0.4, 0.5) is 24.5 Å². The van der Waals surface area contributed by atoms with Crippen molar-refractivity contribution in [3.8, 4) is 6.07 Å². The van der Waals surface area contributed by atoms with E-state index in [4.69, 9.17) is 5.26 Å². The van der Waals surface area contributed by atoms with Crippen LogP contribution in [0, 0.1) is 11.3 Å². The largest absolute Gasteiger partial charge is 0.393 e. The van der Waals surface area contributed by atoms with E-state index in [0.717, 1.165) is 0 Å². The van der Waals surface area contributed by atoms with Gasteiger partial charge in [0, 0.05) is 11.3 Å². The second-order valence-corrected chi connectivity index (χ2v) is 7.72. The summed E-state index contributed by atoms with van der Waals surface area (Å²) < 4.78 is 39.4. The fourth-order valence-corrected chi connectivity index (χ4v) is 3.79. The number of halogens is 3. The zero-order valence-electron chi connectivity index (χ0n) is 17.4. The zero-order chi connectivity index (χ0) is 23.8. The molecule has 0 saturated carbocycles. The van der Waals surface area contributed by atoms with Crippen molar-refractivity contribution in [2.75, 3.05) is 10.2 Å². The molecule has 2 heterocycles. The minimum absolute atomic E-state index is 0.0981. The third kappa shape index (κ3) is 4.57. The van der Waals surface area contributed by atoms with E-state index in [9.17, 15) is 22.8 Å². The van der Waals surface area contributed by atoms with Gasteiger partial charge in [-0.3, -0.25) is 14.3 Å². The van der Waals surface area contributed by atoms with Gasteiger partial charge in [-0.25, -0.2) is 0 Å². The number of alkyl halides is 3. The van der Waals surface area contributed by atoms with Gasteiger partial charge in [0.15, 0.2) is 0 Å². The van der Waals surface area contributed by atoms with Crippen molar-refractivity contribution >= 4 is 23.2 Å². The number of nitrogens with zero attached hydrogens (tertiary/aromatic N) is 4. The first-order valence-corrected chi connectivity index (χ1v) is 10.0. The predicted molar refractivity (Wildman–Crippen MR) is 114 cm³/mol. The Morgan fingerprint density at radius 1 is 1.24 bits per heavy atom. The average Bonchev–Trinajstić information content (AvgIpc) is 3.16. The highest BCUT2D eigenvalue weighted by Crippen LogP contribution is 2.30. The molecule has 0 aliphatic carbocycles. The Hall–Kier alpha value is -4.13. The molecule has 1 aromatic heterocycles. The van der Waals surface area contributed by atoms with Crippen molar-refractivity contribution in [3.63, 3.8) is 0 Å². The Bertz CT molecular complexity index is 1260. The number of benzene rings is 2. The lowest BCUT2D eigenvalue weighted by Gasteiger charge is -2.34. The number of carbonyl (C=O) groups excluding carboxylic acids is 2. The van der Waals surface area contributed by atoms with Crippen molar-refractivity contribution in [2.24, 2.45) is 0 Å². The molecule has 4 rings (SSSR count). The standard InChI is InChI=1S/C23H18F3N5O2/c1-14-13-30-20(19(12-28-30)29-21(32)17-4-2-3-16(9-17)11-27)22(33)31(14)18-7-5-15(6-8-18)10-23(24,25)26/h2-9,12,14H,10,13H2,1H3,(H,29,32). The van der Waals surface area contributed by atoms with Gasteiger partial charge in [0.2, 0.25) is 0 Å². The van der Waals surface area contributed by atoms with E-state index in [1.807, 2.05) is 6.07 Å². The lowest BCUT2D eigenvalue weighted by Crippen LogP contribution is -2.47. The summed E-state index contributed by atoms with van der Waals surface area (Å²) >= 11 is 0. The smallest absolute Gasteiger partial charge is 0.319 e. The van der Waals surface area contributed by atoms with Crippen LogP contribution < -0.4 is 10.2 Å². The first kappa shape index (κ1) is 22.1. The number of hydrogen-bond donors (Lipinski definition) is 1. The zero-order valence-corrected chi connectivity index (χ0v) is 17.4. The molecule has 1 atom stereocenters. The Balaban J connectivity index is 1.59. The van der Waals surface area contributed by atoms with Gasteiger partial charge < -0.3 is 10.2 Å². The summed E-state index contributed by atoms with van der Waals surface area (Å²) in [4.78, 5) is 27.5. The molecule has 1 unspecified atom stereocenters. The topological polar surface area (TPSA) is 91.0 Å². The number of anilines is 2. The SMILES string of the molecule is CC1Cn2ncc(NC(=O)c3cccc(C#N)c3)c2C(=O)N1c1ccc(CC(F)(F)F)cc1. The van der Waals surface area contributed by atoms with E-state index in [1.165, 1.54) is 46.1 Å². The molecule has 0 spiro atoms. The molecule has 10 heteroatoms. The Labute approximate surface area is 187 Å². The van der Waals surface area contributed by atoms with Crippen molar-refractivity contribution < 1.29 is 22.8 Å². The monoisotopic (exact) mass is 453 g/mol. The molecule has 1 N–H and O–H groups in total. The molecular formula is C23H18F3N5O2. The van der Waals surface area contributed by atoms with E-state index in [0.29, 0.717) is 17.8 Å². The first-order valence-electron chi connectivity index (χ1n) is 10.0. The highest BCUT2D eigenvalue weighted by atomic mass is 19.4. The molecule has 0 radical (unpaired) electrons. The normalized spacial score (nSPS) is 15.7. The molecule has 0 bridgehead atoms. The van der Waals surface area contributed by atoms with Crippen LogP contribution in [0.2, 0.25) is 0 Å².